The first-order chi connectivity index (χ1) is 9.51. The minimum atomic E-state index is -0.183. The van der Waals surface area contributed by atoms with Crippen molar-refractivity contribution in [2.24, 2.45) is 0 Å². The quantitative estimate of drug-likeness (QED) is 0.843. The Labute approximate surface area is 126 Å². The van der Waals surface area contributed by atoms with Crippen LogP contribution in [0.1, 0.15) is 15.9 Å². The first-order valence-electron chi connectivity index (χ1n) is 6.02. The van der Waals surface area contributed by atoms with Gasteiger partial charge in [-0.05, 0) is 64.8 Å². The highest BCUT2D eigenvalue weighted by atomic mass is 79.9. The van der Waals surface area contributed by atoms with Crippen molar-refractivity contribution in [2.45, 2.75) is 6.92 Å². The zero-order chi connectivity index (χ0) is 14.7. The van der Waals surface area contributed by atoms with Crippen LogP contribution in [-0.4, -0.2) is 13.0 Å². The summed E-state index contributed by atoms with van der Waals surface area (Å²) >= 11 is 3.36. The molecule has 0 saturated heterocycles. The molecule has 5 heteroatoms. The molecule has 0 aromatic heterocycles. The third kappa shape index (κ3) is 3.11. The molecule has 0 radical (unpaired) electrons. The molecule has 0 bridgehead atoms. The number of carbonyl (C=O) groups excluding carboxylic acids is 1. The normalized spacial score (nSPS) is 10.2. The lowest BCUT2D eigenvalue weighted by Crippen LogP contribution is -2.12. The van der Waals surface area contributed by atoms with Crippen molar-refractivity contribution in [1.29, 1.82) is 0 Å². The zero-order valence-electron chi connectivity index (χ0n) is 11.2. The number of nitrogens with one attached hydrogen (secondary N) is 1. The number of ether oxygens (including phenoxy) is 1. The molecule has 2 aromatic rings. The first-order valence-corrected chi connectivity index (χ1v) is 6.81. The Morgan fingerprint density at radius 2 is 2.00 bits per heavy atom. The van der Waals surface area contributed by atoms with E-state index in [1.165, 1.54) is 0 Å². The van der Waals surface area contributed by atoms with E-state index in [2.05, 4.69) is 21.2 Å². The molecule has 20 heavy (non-hydrogen) atoms. The van der Waals surface area contributed by atoms with Gasteiger partial charge in [0.1, 0.15) is 5.75 Å². The molecule has 4 nitrogen and oxygen atoms in total. The molecule has 3 N–H and O–H groups in total. The van der Waals surface area contributed by atoms with Gasteiger partial charge in [0.2, 0.25) is 0 Å². The van der Waals surface area contributed by atoms with Crippen LogP contribution < -0.4 is 15.8 Å². The summed E-state index contributed by atoms with van der Waals surface area (Å²) in [6, 6.07) is 10.6. The molecule has 0 saturated carbocycles. The second kappa shape index (κ2) is 5.96. The van der Waals surface area contributed by atoms with Crippen LogP contribution in [0.4, 0.5) is 11.4 Å². The molecule has 0 aliphatic heterocycles. The molecule has 2 aromatic carbocycles. The molecule has 0 aliphatic rings. The summed E-state index contributed by atoms with van der Waals surface area (Å²) in [7, 11) is 1.58. The fraction of sp³-hybridized carbons (Fsp3) is 0.133. The second-order valence-corrected chi connectivity index (χ2v) is 5.23. The largest absolute Gasteiger partial charge is 0.496 e. The lowest BCUT2D eigenvalue weighted by molar-refractivity contribution is 0.102. The number of amides is 1. The van der Waals surface area contributed by atoms with Crippen LogP contribution in [0.15, 0.2) is 40.9 Å². The van der Waals surface area contributed by atoms with Gasteiger partial charge in [0.05, 0.1) is 11.6 Å². The molecule has 0 heterocycles. The molecular weight excluding hydrogens is 320 g/mol. The summed E-state index contributed by atoms with van der Waals surface area (Å²) in [5.41, 5.74) is 8.65. The van der Waals surface area contributed by atoms with Crippen LogP contribution in [-0.2, 0) is 0 Å². The van der Waals surface area contributed by atoms with Gasteiger partial charge in [-0.15, -0.1) is 0 Å². The smallest absolute Gasteiger partial charge is 0.255 e. The van der Waals surface area contributed by atoms with Gasteiger partial charge in [0, 0.05) is 16.9 Å². The summed E-state index contributed by atoms with van der Waals surface area (Å²) in [4.78, 5) is 12.2. The number of halogens is 1. The first kappa shape index (κ1) is 14.4. The maximum atomic E-state index is 12.2. The maximum Gasteiger partial charge on any atom is 0.255 e. The number of methoxy groups -OCH3 is 1. The second-order valence-electron chi connectivity index (χ2n) is 4.37. The minimum Gasteiger partial charge on any atom is -0.496 e. The van der Waals surface area contributed by atoms with E-state index in [9.17, 15) is 4.79 Å². The van der Waals surface area contributed by atoms with E-state index in [0.29, 0.717) is 22.7 Å². The lowest BCUT2D eigenvalue weighted by Gasteiger charge is -2.09. The molecule has 0 spiro atoms. The van der Waals surface area contributed by atoms with E-state index >= 15 is 0 Å². The van der Waals surface area contributed by atoms with Gasteiger partial charge < -0.3 is 15.8 Å². The van der Waals surface area contributed by atoms with Crippen LogP contribution in [0, 0.1) is 6.92 Å². The fourth-order valence-corrected chi connectivity index (χ4v) is 2.31. The maximum absolute atomic E-state index is 12.2. The van der Waals surface area contributed by atoms with Crippen molar-refractivity contribution in [3.8, 4) is 5.75 Å². The van der Waals surface area contributed by atoms with Crippen LogP contribution in [0.2, 0.25) is 0 Å². The third-order valence-corrected chi connectivity index (χ3v) is 3.56. The monoisotopic (exact) mass is 334 g/mol. The number of benzene rings is 2. The van der Waals surface area contributed by atoms with Crippen LogP contribution in [0.5, 0.6) is 5.75 Å². The summed E-state index contributed by atoms with van der Waals surface area (Å²) in [6.07, 6.45) is 0. The summed E-state index contributed by atoms with van der Waals surface area (Å²) in [6.45, 7) is 1.90. The number of aryl methyl sites for hydroxylation is 1. The van der Waals surface area contributed by atoms with Crippen LogP contribution in [0.3, 0.4) is 0 Å². The van der Waals surface area contributed by atoms with Gasteiger partial charge in [-0.25, -0.2) is 0 Å². The molecule has 104 valence electrons. The highest BCUT2D eigenvalue weighted by Crippen LogP contribution is 2.26. The summed E-state index contributed by atoms with van der Waals surface area (Å²) < 4.78 is 5.87. The number of nitrogen functional groups attached to an aromatic ring is 1. The van der Waals surface area contributed by atoms with E-state index < -0.39 is 0 Å². The minimum absolute atomic E-state index is 0.183. The van der Waals surface area contributed by atoms with E-state index in [-0.39, 0.29) is 5.91 Å². The lowest BCUT2D eigenvalue weighted by atomic mass is 10.1. The number of nitrogens with two attached hydrogens (primary N) is 1. The molecule has 1 amide bonds. The van der Waals surface area contributed by atoms with Crippen molar-refractivity contribution in [2.75, 3.05) is 18.2 Å². The molecule has 0 aliphatic carbocycles. The van der Waals surface area contributed by atoms with E-state index in [1.807, 2.05) is 13.0 Å². The average Bonchev–Trinajstić information content (AvgIpc) is 2.42. The molecule has 2 rings (SSSR count). The standard InChI is InChI=1S/C15H15BrN2O2/c1-9-7-11(4-5-13(9)17)18-15(19)10-3-6-14(20-2)12(16)8-10/h3-8H,17H2,1-2H3,(H,18,19). The molecule has 0 unspecified atom stereocenters. The van der Waals surface area contributed by atoms with Gasteiger partial charge in [0.15, 0.2) is 0 Å². The van der Waals surface area contributed by atoms with E-state index in [1.54, 1.807) is 37.4 Å². The number of anilines is 2. The molecule has 0 atom stereocenters. The van der Waals surface area contributed by atoms with Crippen molar-refractivity contribution < 1.29 is 9.53 Å². The predicted octanol–water partition coefficient (Wildman–Crippen LogP) is 3.60. The Kier molecular flexibility index (Phi) is 4.29. The Morgan fingerprint density at radius 3 is 2.60 bits per heavy atom. The van der Waals surface area contributed by atoms with E-state index in [4.69, 9.17) is 10.5 Å². The zero-order valence-corrected chi connectivity index (χ0v) is 12.8. The number of carbonyl (C=O) groups is 1. The highest BCUT2D eigenvalue weighted by molar-refractivity contribution is 9.10. The van der Waals surface area contributed by atoms with Gasteiger partial charge in [-0.1, -0.05) is 0 Å². The Hall–Kier alpha value is -2.01. The predicted molar refractivity (Wildman–Crippen MR) is 84.2 cm³/mol. The SMILES string of the molecule is COc1ccc(C(=O)Nc2ccc(N)c(C)c2)cc1Br. The van der Waals surface area contributed by atoms with Crippen LogP contribution in [0.25, 0.3) is 0 Å². The van der Waals surface area contributed by atoms with Crippen molar-refractivity contribution in [1.82, 2.24) is 0 Å². The Bertz CT molecular complexity index is 656. The number of hydrogen-bond donors (Lipinski definition) is 2. The summed E-state index contributed by atoms with van der Waals surface area (Å²) in [5.74, 6) is 0.502. The molecular formula is C15H15BrN2O2. The van der Waals surface area contributed by atoms with Gasteiger partial charge in [-0.3, -0.25) is 4.79 Å². The third-order valence-electron chi connectivity index (χ3n) is 2.94. The number of hydrogen-bond acceptors (Lipinski definition) is 3. The fourth-order valence-electron chi connectivity index (χ4n) is 1.76. The van der Waals surface area contributed by atoms with Crippen molar-refractivity contribution in [3.63, 3.8) is 0 Å². The number of rotatable bonds is 3. The van der Waals surface area contributed by atoms with Crippen molar-refractivity contribution in [3.05, 3.63) is 52.0 Å². The topological polar surface area (TPSA) is 64.3 Å². The summed E-state index contributed by atoms with van der Waals surface area (Å²) in [5, 5.41) is 2.83. The van der Waals surface area contributed by atoms with Gasteiger partial charge in [0.25, 0.3) is 5.91 Å². The van der Waals surface area contributed by atoms with Gasteiger partial charge >= 0.3 is 0 Å². The Balaban J connectivity index is 2.19. The van der Waals surface area contributed by atoms with Crippen LogP contribution >= 0.6 is 15.9 Å². The van der Waals surface area contributed by atoms with Gasteiger partial charge in [-0.2, -0.15) is 0 Å². The molecule has 0 fully saturated rings. The van der Waals surface area contributed by atoms with E-state index in [0.717, 1.165) is 10.0 Å². The highest BCUT2D eigenvalue weighted by Gasteiger charge is 2.09. The average molecular weight is 335 g/mol. The van der Waals surface area contributed by atoms with Crippen molar-refractivity contribution >= 4 is 33.2 Å². The Morgan fingerprint density at radius 1 is 1.25 bits per heavy atom.